The van der Waals surface area contributed by atoms with Crippen molar-refractivity contribution in [2.24, 2.45) is 0 Å². The van der Waals surface area contributed by atoms with Crippen molar-refractivity contribution in [3.05, 3.63) is 12.2 Å². The molecule has 0 saturated heterocycles. The summed E-state index contributed by atoms with van der Waals surface area (Å²) in [6.45, 7) is 0.471. The van der Waals surface area contributed by atoms with Crippen LogP contribution in [0.2, 0.25) is 0 Å². The molecule has 0 bridgehead atoms. The number of carbonyl (C=O) groups excluding carboxylic acids is 3. The standard InChI is InChI=1S/C10H12NO3.Zn/c12-8-4-2-1-3-7-11-9(13)5-6-10(11)14;/h5-6H,1-4,7H2;. The van der Waals surface area contributed by atoms with Gasteiger partial charge in [0.25, 0.3) is 0 Å². The van der Waals surface area contributed by atoms with E-state index in [1.54, 1.807) is 0 Å². The van der Waals surface area contributed by atoms with Crippen LogP contribution in [0.1, 0.15) is 25.7 Å². The molecule has 1 aliphatic heterocycles. The SMILES string of the molecule is O=[C]([Zn])CCCCCN1C(=O)C=CC1=O. The van der Waals surface area contributed by atoms with E-state index in [0.717, 1.165) is 19.3 Å². The van der Waals surface area contributed by atoms with Gasteiger partial charge in [-0.05, 0) is 0 Å². The van der Waals surface area contributed by atoms with Crippen LogP contribution in [0.3, 0.4) is 0 Å². The Morgan fingerprint density at radius 1 is 1.13 bits per heavy atom. The van der Waals surface area contributed by atoms with E-state index in [9.17, 15) is 14.4 Å². The van der Waals surface area contributed by atoms with Crippen molar-refractivity contribution in [3.8, 4) is 0 Å². The number of hydrogen-bond acceptors (Lipinski definition) is 3. The number of amides is 2. The van der Waals surface area contributed by atoms with Gasteiger partial charge in [0.1, 0.15) is 0 Å². The van der Waals surface area contributed by atoms with Gasteiger partial charge in [-0.15, -0.1) is 0 Å². The average Bonchev–Trinajstić information content (AvgIpc) is 2.47. The summed E-state index contributed by atoms with van der Waals surface area (Å²) in [7, 11) is 0. The summed E-state index contributed by atoms with van der Waals surface area (Å²) in [5.41, 5.74) is 0. The first-order valence-electron chi connectivity index (χ1n) is 4.99. The summed E-state index contributed by atoms with van der Waals surface area (Å²) in [4.78, 5) is 34.2. The molecular weight excluding hydrogens is 248 g/mol. The van der Waals surface area contributed by atoms with E-state index in [4.69, 9.17) is 0 Å². The van der Waals surface area contributed by atoms with Gasteiger partial charge in [-0.3, -0.25) is 0 Å². The Morgan fingerprint density at radius 3 is 2.27 bits per heavy atom. The Hall–Kier alpha value is -0.827. The maximum absolute atomic E-state index is 11.1. The van der Waals surface area contributed by atoms with Crippen molar-refractivity contribution in [2.45, 2.75) is 25.7 Å². The fourth-order valence-corrected chi connectivity index (χ4v) is 1.94. The number of unbranched alkanes of at least 4 members (excludes halogenated alkanes) is 2. The van der Waals surface area contributed by atoms with E-state index in [2.05, 4.69) is 0 Å². The molecule has 5 heteroatoms. The van der Waals surface area contributed by atoms with Crippen LogP contribution in [0.4, 0.5) is 0 Å². The van der Waals surface area contributed by atoms with Gasteiger partial charge >= 0.3 is 98.2 Å². The van der Waals surface area contributed by atoms with Crippen molar-refractivity contribution in [3.63, 3.8) is 0 Å². The summed E-state index contributed by atoms with van der Waals surface area (Å²) < 4.78 is 0.310. The Morgan fingerprint density at radius 2 is 1.73 bits per heavy atom. The molecule has 4 nitrogen and oxygen atoms in total. The molecule has 0 aromatic carbocycles. The molecule has 1 rings (SSSR count). The quantitative estimate of drug-likeness (QED) is 0.398. The van der Waals surface area contributed by atoms with Crippen molar-refractivity contribution in [1.82, 2.24) is 4.90 Å². The molecule has 0 aliphatic carbocycles. The van der Waals surface area contributed by atoms with Crippen molar-refractivity contribution in [1.29, 1.82) is 0 Å². The van der Waals surface area contributed by atoms with Gasteiger partial charge in [0, 0.05) is 0 Å². The Bertz CT molecular complexity index is 294. The first kappa shape index (κ1) is 12.2. The van der Waals surface area contributed by atoms with E-state index < -0.39 is 0 Å². The second kappa shape index (κ2) is 5.91. The van der Waals surface area contributed by atoms with E-state index in [0.29, 0.717) is 35.6 Å². The second-order valence-corrected chi connectivity index (χ2v) is 5.17. The summed E-state index contributed by atoms with van der Waals surface area (Å²) in [6.07, 6.45) is 5.77. The summed E-state index contributed by atoms with van der Waals surface area (Å²) in [5.74, 6) is -0.448. The van der Waals surface area contributed by atoms with Gasteiger partial charge in [-0.25, -0.2) is 0 Å². The predicted octanol–water partition coefficient (Wildman–Crippen LogP) is 0.545. The maximum atomic E-state index is 11.1. The third kappa shape index (κ3) is 4.04. The molecular formula is C10H12NO3Zn. The average molecular weight is 260 g/mol. The molecule has 0 spiro atoms. The van der Waals surface area contributed by atoms with Crippen molar-refractivity contribution >= 4 is 16.2 Å². The fraction of sp³-hybridized carbons (Fsp3) is 0.500. The summed E-state index contributed by atoms with van der Waals surface area (Å²) in [6, 6.07) is 0. The van der Waals surface area contributed by atoms with Crippen LogP contribution in [0.15, 0.2) is 12.2 Å². The molecule has 2 amide bonds. The third-order valence-electron chi connectivity index (χ3n) is 2.24. The van der Waals surface area contributed by atoms with Gasteiger partial charge < -0.3 is 0 Å². The zero-order valence-electron chi connectivity index (χ0n) is 8.57. The van der Waals surface area contributed by atoms with Crippen LogP contribution < -0.4 is 0 Å². The van der Waals surface area contributed by atoms with E-state index in [1.165, 1.54) is 17.1 Å². The zero-order chi connectivity index (χ0) is 11.3. The number of rotatable bonds is 6. The van der Waals surface area contributed by atoms with Gasteiger partial charge in [0.05, 0.1) is 0 Å². The first-order chi connectivity index (χ1) is 7.11. The van der Waals surface area contributed by atoms with Crippen LogP contribution >= 0.6 is 0 Å². The zero-order valence-corrected chi connectivity index (χ0v) is 11.5. The monoisotopic (exact) mass is 258 g/mol. The molecule has 77 valence electrons. The molecule has 0 radical (unpaired) electrons. The van der Waals surface area contributed by atoms with Crippen molar-refractivity contribution < 1.29 is 32.7 Å². The van der Waals surface area contributed by atoms with E-state index >= 15 is 0 Å². The minimum atomic E-state index is -0.224. The number of hydrogen-bond donors (Lipinski definition) is 0. The molecule has 0 N–H and O–H groups in total. The molecule has 1 heterocycles. The number of nitrogens with zero attached hydrogens (tertiary/aromatic N) is 1. The topological polar surface area (TPSA) is 54.5 Å². The van der Waals surface area contributed by atoms with Crippen LogP contribution in [0, 0.1) is 0 Å². The molecule has 0 fully saturated rings. The Labute approximate surface area is 98.4 Å². The summed E-state index contributed by atoms with van der Waals surface area (Å²) >= 11 is 0.715. The van der Waals surface area contributed by atoms with Crippen molar-refractivity contribution in [2.75, 3.05) is 6.54 Å². The Kier molecular flexibility index (Phi) is 4.82. The molecule has 0 aromatic rings. The predicted molar refractivity (Wildman–Crippen MR) is 49.3 cm³/mol. The van der Waals surface area contributed by atoms with E-state index in [-0.39, 0.29) is 11.8 Å². The molecule has 0 aromatic heterocycles. The van der Waals surface area contributed by atoms with Crippen LogP contribution in [0.25, 0.3) is 0 Å². The summed E-state index contributed by atoms with van der Waals surface area (Å²) in [5, 5.41) is 0. The van der Waals surface area contributed by atoms with Crippen LogP contribution in [-0.4, -0.2) is 27.6 Å². The van der Waals surface area contributed by atoms with Gasteiger partial charge in [-0.2, -0.15) is 0 Å². The number of carbonyl (C=O) groups is 3. The fourth-order valence-electron chi connectivity index (χ4n) is 1.42. The molecule has 0 saturated carbocycles. The van der Waals surface area contributed by atoms with Gasteiger partial charge in [0.2, 0.25) is 0 Å². The number of imide groups is 1. The van der Waals surface area contributed by atoms with E-state index in [1.807, 2.05) is 0 Å². The van der Waals surface area contributed by atoms with Gasteiger partial charge in [0.15, 0.2) is 0 Å². The van der Waals surface area contributed by atoms with Crippen LogP contribution in [0.5, 0.6) is 0 Å². The molecule has 0 atom stereocenters. The Balaban J connectivity index is 2.13. The molecule has 0 unspecified atom stereocenters. The van der Waals surface area contributed by atoms with Gasteiger partial charge in [-0.1, -0.05) is 0 Å². The normalized spacial score (nSPS) is 15.2. The third-order valence-corrected chi connectivity index (χ3v) is 2.98. The minimum absolute atomic E-state index is 0.224. The molecule has 15 heavy (non-hydrogen) atoms. The van der Waals surface area contributed by atoms with Crippen LogP contribution in [-0.2, 0) is 32.7 Å². The first-order valence-corrected chi connectivity index (χ1v) is 6.48. The second-order valence-electron chi connectivity index (χ2n) is 3.51. The molecule has 1 aliphatic rings.